The number of carbonyl (C=O) groups is 2. The standard InChI is InChI=1S/C29H34O8/c1-6-14-32-17-24(36-28(30)8-3)19-34-23-11-12-26-21(5)27(13-10-22(26)16-23)35-20-25(18-33-15-7-2)37-29(31)9-4/h6-13,16,24-25H,1-4,14-15,17-20H2,5H3. The van der Waals surface area contributed by atoms with Crippen LogP contribution in [0.3, 0.4) is 0 Å². The SMILES string of the molecule is C=CCOCC(COc1ccc2c(C)c(OCC(COCC=C)OC(=O)C=C)ccc2c1)OC(=O)C=C. The number of hydrogen-bond acceptors (Lipinski definition) is 8. The van der Waals surface area contributed by atoms with E-state index in [4.69, 9.17) is 28.4 Å². The first-order chi connectivity index (χ1) is 17.9. The van der Waals surface area contributed by atoms with E-state index in [1.54, 1.807) is 12.2 Å². The van der Waals surface area contributed by atoms with Crippen molar-refractivity contribution in [1.82, 2.24) is 0 Å². The second-order valence-corrected chi connectivity index (χ2v) is 7.87. The molecule has 2 unspecified atom stereocenters. The Bertz CT molecular complexity index is 1090. The van der Waals surface area contributed by atoms with Gasteiger partial charge in [-0.2, -0.15) is 0 Å². The van der Waals surface area contributed by atoms with Crippen molar-refractivity contribution in [2.45, 2.75) is 19.1 Å². The number of hydrogen-bond donors (Lipinski definition) is 0. The van der Waals surface area contributed by atoms with Crippen molar-refractivity contribution in [3.05, 3.63) is 86.5 Å². The van der Waals surface area contributed by atoms with E-state index in [-0.39, 0.29) is 26.4 Å². The van der Waals surface area contributed by atoms with E-state index in [0.717, 1.165) is 28.5 Å². The molecule has 2 rings (SSSR count). The lowest BCUT2D eigenvalue weighted by Crippen LogP contribution is -2.29. The van der Waals surface area contributed by atoms with Gasteiger partial charge in [0.1, 0.15) is 24.7 Å². The molecule has 0 bridgehead atoms. The van der Waals surface area contributed by atoms with Crippen LogP contribution < -0.4 is 9.47 Å². The molecule has 2 aromatic rings. The number of ether oxygens (including phenoxy) is 6. The molecule has 0 heterocycles. The van der Waals surface area contributed by atoms with Gasteiger partial charge in [-0.25, -0.2) is 9.59 Å². The Balaban J connectivity index is 2.07. The number of benzene rings is 2. The lowest BCUT2D eigenvalue weighted by molar-refractivity contribution is -0.148. The minimum absolute atomic E-state index is 0.112. The molecule has 0 spiro atoms. The van der Waals surface area contributed by atoms with Crippen LogP contribution in [0.5, 0.6) is 11.5 Å². The van der Waals surface area contributed by atoms with Gasteiger partial charge in [0.05, 0.1) is 26.4 Å². The quantitative estimate of drug-likeness (QED) is 0.125. The monoisotopic (exact) mass is 510 g/mol. The Morgan fingerprint density at radius 1 is 0.784 bits per heavy atom. The summed E-state index contributed by atoms with van der Waals surface area (Å²) in [4.78, 5) is 23.3. The van der Waals surface area contributed by atoms with Crippen molar-refractivity contribution in [3.8, 4) is 11.5 Å². The van der Waals surface area contributed by atoms with E-state index < -0.39 is 24.1 Å². The Morgan fingerprint density at radius 3 is 1.89 bits per heavy atom. The molecule has 0 amide bonds. The molecule has 0 N–H and O–H groups in total. The Labute approximate surface area is 217 Å². The minimum atomic E-state index is -0.602. The maximum atomic E-state index is 11.6. The van der Waals surface area contributed by atoms with Crippen molar-refractivity contribution in [1.29, 1.82) is 0 Å². The molecular formula is C29H34O8. The minimum Gasteiger partial charge on any atom is -0.490 e. The van der Waals surface area contributed by atoms with Crippen LogP contribution in [0.25, 0.3) is 10.8 Å². The third-order valence-electron chi connectivity index (χ3n) is 5.05. The van der Waals surface area contributed by atoms with E-state index in [2.05, 4.69) is 26.3 Å². The topological polar surface area (TPSA) is 89.5 Å². The lowest BCUT2D eigenvalue weighted by atomic mass is 10.0. The molecule has 0 radical (unpaired) electrons. The van der Waals surface area contributed by atoms with Crippen LogP contribution in [-0.2, 0) is 28.5 Å². The Hall–Kier alpha value is -3.88. The summed E-state index contributed by atoms with van der Waals surface area (Å²) in [5.41, 5.74) is 0.917. The van der Waals surface area contributed by atoms with Crippen LogP contribution in [-0.4, -0.2) is 63.8 Å². The first-order valence-corrected chi connectivity index (χ1v) is 11.7. The molecule has 2 atom stereocenters. The highest BCUT2D eigenvalue weighted by molar-refractivity contribution is 5.88. The molecule has 198 valence electrons. The summed E-state index contributed by atoms with van der Waals surface area (Å²) in [6.07, 6.45) is 4.22. The molecule has 8 heteroatoms. The molecule has 0 saturated carbocycles. The van der Waals surface area contributed by atoms with Gasteiger partial charge in [-0.05, 0) is 41.5 Å². The van der Waals surface area contributed by atoms with Crippen LogP contribution in [0.2, 0.25) is 0 Å². The van der Waals surface area contributed by atoms with Gasteiger partial charge in [0.15, 0.2) is 12.2 Å². The van der Waals surface area contributed by atoms with Gasteiger partial charge in [-0.15, -0.1) is 13.2 Å². The van der Waals surface area contributed by atoms with Gasteiger partial charge in [0, 0.05) is 12.2 Å². The highest BCUT2D eigenvalue weighted by atomic mass is 16.6. The molecule has 0 aromatic heterocycles. The maximum Gasteiger partial charge on any atom is 0.330 e. The fraction of sp³-hybridized carbons (Fsp3) is 0.310. The summed E-state index contributed by atoms with van der Waals surface area (Å²) in [5, 5.41) is 1.91. The average molecular weight is 511 g/mol. The molecule has 0 aliphatic heterocycles. The van der Waals surface area contributed by atoms with E-state index in [0.29, 0.717) is 24.7 Å². The Kier molecular flexibility index (Phi) is 12.7. The van der Waals surface area contributed by atoms with Gasteiger partial charge < -0.3 is 28.4 Å². The fourth-order valence-electron chi connectivity index (χ4n) is 3.28. The van der Waals surface area contributed by atoms with Crippen molar-refractivity contribution < 1.29 is 38.0 Å². The highest BCUT2D eigenvalue weighted by Crippen LogP contribution is 2.30. The van der Waals surface area contributed by atoms with Crippen molar-refractivity contribution in [2.75, 3.05) is 39.6 Å². The molecule has 2 aromatic carbocycles. The number of carbonyl (C=O) groups excluding carboxylic acids is 2. The molecule has 0 fully saturated rings. The predicted molar refractivity (Wildman–Crippen MR) is 142 cm³/mol. The smallest absolute Gasteiger partial charge is 0.330 e. The summed E-state index contributed by atoms with van der Waals surface area (Å²) >= 11 is 0. The van der Waals surface area contributed by atoms with E-state index in [1.807, 2.05) is 37.3 Å². The van der Waals surface area contributed by atoms with E-state index >= 15 is 0 Å². The van der Waals surface area contributed by atoms with Gasteiger partial charge >= 0.3 is 11.9 Å². The third kappa shape index (κ3) is 9.95. The van der Waals surface area contributed by atoms with Gasteiger partial charge in [-0.1, -0.05) is 37.4 Å². The number of fused-ring (bicyclic) bond motifs is 1. The van der Waals surface area contributed by atoms with Crippen molar-refractivity contribution in [3.63, 3.8) is 0 Å². The van der Waals surface area contributed by atoms with Crippen LogP contribution in [0.4, 0.5) is 0 Å². The predicted octanol–water partition coefficient (Wildman–Crippen LogP) is 4.51. The zero-order chi connectivity index (χ0) is 27.0. The first kappa shape index (κ1) is 29.4. The van der Waals surface area contributed by atoms with Gasteiger partial charge in [0.2, 0.25) is 0 Å². The second kappa shape index (κ2) is 16.0. The summed E-state index contributed by atoms with van der Waals surface area (Å²) in [5.74, 6) is 0.165. The van der Waals surface area contributed by atoms with Crippen LogP contribution in [0.15, 0.2) is 81.0 Å². The average Bonchev–Trinajstić information content (AvgIpc) is 2.90. The maximum absolute atomic E-state index is 11.6. The Morgan fingerprint density at radius 2 is 1.35 bits per heavy atom. The summed E-state index contributed by atoms with van der Waals surface area (Å²) in [7, 11) is 0. The first-order valence-electron chi connectivity index (χ1n) is 11.7. The second-order valence-electron chi connectivity index (χ2n) is 7.87. The van der Waals surface area contributed by atoms with E-state index in [9.17, 15) is 9.59 Å². The summed E-state index contributed by atoms with van der Waals surface area (Å²) in [6, 6.07) is 9.39. The van der Waals surface area contributed by atoms with Crippen molar-refractivity contribution in [2.24, 2.45) is 0 Å². The molecular weight excluding hydrogens is 476 g/mol. The zero-order valence-electron chi connectivity index (χ0n) is 21.2. The highest BCUT2D eigenvalue weighted by Gasteiger charge is 2.17. The zero-order valence-corrected chi connectivity index (χ0v) is 21.2. The van der Waals surface area contributed by atoms with Crippen LogP contribution in [0.1, 0.15) is 5.56 Å². The number of esters is 2. The third-order valence-corrected chi connectivity index (χ3v) is 5.05. The summed E-state index contributed by atoms with van der Waals surface area (Å²) in [6.45, 7) is 17.2. The van der Waals surface area contributed by atoms with Gasteiger partial charge in [0.25, 0.3) is 0 Å². The van der Waals surface area contributed by atoms with Crippen molar-refractivity contribution >= 4 is 22.7 Å². The molecule has 8 nitrogen and oxygen atoms in total. The fourth-order valence-corrected chi connectivity index (χ4v) is 3.28. The largest absolute Gasteiger partial charge is 0.490 e. The van der Waals surface area contributed by atoms with Crippen LogP contribution >= 0.6 is 0 Å². The van der Waals surface area contributed by atoms with Crippen LogP contribution in [0, 0.1) is 6.92 Å². The summed E-state index contributed by atoms with van der Waals surface area (Å²) < 4.78 is 33.3. The van der Waals surface area contributed by atoms with Gasteiger partial charge in [-0.3, -0.25) is 0 Å². The number of rotatable bonds is 18. The molecule has 0 aliphatic carbocycles. The molecule has 0 saturated heterocycles. The normalized spacial score (nSPS) is 12.1. The molecule has 37 heavy (non-hydrogen) atoms. The number of aryl methyl sites for hydroxylation is 1. The lowest BCUT2D eigenvalue weighted by Gasteiger charge is -2.19. The van der Waals surface area contributed by atoms with E-state index in [1.165, 1.54) is 0 Å². The molecule has 0 aliphatic rings.